The van der Waals surface area contributed by atoms with Crippen LogP contribution in [0.4, 0.5) is 0 Å². The highest BCUT2D eigenvalue weighted by atomic mass is 79.9. The van der Waals surface area contributed by atoms with E-state index < -0.39 is 10.0 Å². The van der Waals surface area contributed by atoms with Crippen molar-refractivity contribution in [2.45, 2.75) is 4.90 Å². The number of carbonyl (C=O) groups is 1. The van der Waals surface area contributed by atoms with Crippen molar-refractivity contribution in [1.82, 2.24) is 14.6 Å². The molecule has 1 aliphatic rings. The fraction of sp³-hybridized carbons (Fsp3) is 0.263. The minimum absolute atomic E-state index is 0.0741. The molecule has 0 atom stereocenters. The van der Waals surface area contributed by atoms with Gasteiger partial charge in [-0.1, -0.05) is 15.9 Å². The molecule has 0 aromatic heterocycles. The summed E-state index contributed by atoms with van der Waals surface area (Å²) < 4.78 is 27.6. The molecule has 0 spiro atoms. The molecule has 1 heterocycles. The topological polar surface area (TPSA) is 123 Å². The summed E-state index contributed by atoms with van der Waals surface area (Å²) >= 11 is 3.29. The maximum Gasteiger partial charge on any atom is 0.254 e. The number of amides is 1. The van der Waals surface area contributed by atoms with E-state index in [1.54, 1.807) is 24.3 Å². The van der Waals surface area contributed by atoms with E-state index >= 15 is 0 Å². The van der Waals surface area contributed by atoms with Crippen LogP contribution in [0.2, 0.25) is 0 Å². The van der Waals surface area contributed by atoms with Crippen LogP contribution in [0.1, 0.15) is 5.56 Å². The number of sulfonamides is 1. The van der Waals surface area contributed by atoms with Gasteiger partial charge in [0.1, 0.15) is 11.5 Å². The van der Waals surface area contributed by atoms with E-state index in [0.29, 0.717) is 18.7 Å². The molecule has 160 valence electrons. The van der Waals surface area contributed by atoms with Gasteiger partial charge in [0.05, 0.1) is 17.7 Å². The van der Waals surface area contributed by atoms with Crippen LogP contribution >= 0.6 is 15.9 Å². The Morgan fingerprint density at radius 2 is 1.77 bits per heavy atom. The van der Waals surface area contributed by atoms with Crippen LogP contribution in [0.3, 0.4) is 0 Å². The van der Waals surface area contributed by atoms with Gasteiger partial charge >= 0.3 is 0 Å². The number of hydrogen-bond acceptors (Lipinski definition) is 7. The van der Waals surface area contributed by atoms with E-state index in [9.17, 15) is 23.4 Å². The zero-order valence-electron chi connectivity index (χ0n) is 15.9. The zero-order chi connectivity index (χ0) is 21.7. The number of nitrogens with zero attached hydrogens (tertiary/aromatic N) is 3. The minimum Gasteiger partial charge on any atom is -0.508 e. The van der Waals surface area contributed by atoms with Crippen molar-refractivity contribution in [3.05, 3.63) is 52.5 Å². The number of hydrogen-bond donors (Lipinski definition) is 3. The molecule has 9 nitrogen and oxygen atoms in total. The molecule has 0 radical (unpaired) electrons. The first-order valence-corrected chi connectivity index (χ1v) is 11.3. The highest BCUT2D eigenvalue weighted by molar-refractivity contribution is 9.10. The van der Waals surface area contributed by atoms with Crippen molar-refractivity contribution < 1.29 is 23.4 Å². The van der Waals surface area contributed by atoms with Gasteiger partial charge in [0, 0.05) is 42.3 Å². The van der Waals surface area contributed by atoms with Crippen LogP contribution in [-0.2, 0) is 14.8 Å². The summed E-state index contributed by atoms with van der Waals surface area (Å²) in [5.41, 5.74) is 2.72. The molecule has 1 saturated heterocycles. The molecule has 2 aromatic carbocycles. The second kappa shape index (κ2) is 9.56. The quantitative estimate of drug-likeness (QED) is 0.409. The van der Waals surface area contributed by atoms with Gasteiger partial charge < -0.3 is 10.2 Å². The maximum absolute atomic E-state index is 12.7. The molecule has 1 aliphatic heterocycles. The Hall–Kier alpha value is -2.47. The fourth-order valence-corrected chi connectivity index (χ4v) is 4.62. The van der Waals surface area contributed by atoms with E-state index in [0.717, 1.165) is 4.47 Å². The molecule has 3 rings (SSSR count). The van der Waals surface area contributed by atoms with E-state index in [4.69, 9.17) is 0 Å². The Labute approximate surface area is 182 Å². The number of phenols is 2. The Balaban J connectivity index is 1.48. The predicted octanol–water partition coefficient (Wildman–Crippen LogP) is 1.32. The van der Waals surface area contributed by atoms with Crippen LogP contribution < -0.4 is 5.43 Å². The minimum atomic E-state index is -3.56. The van der Waals surface area contributed by atoms with Crippen molar-refractivity contribution >= 4 is 38.1 Å². The second-order valence-electron chi connectivity index (χ2n) is 6.67. The van der Waals surface area contributed by atoms with Gasteiger partial charge in [0.2, 0.25) is 10.0 Å². The SMILES string of the molecule is O=C(CN1CCN(S(=O)(=O)c2ccc(Br)cc2)CC1)NN=Cc1ccc(O)cc1O. The number of aromatic hydroxyl groups is 2. The van der Waals surface area contributed by atoms with Gasteiger partial charge in [-0.05, 0) is 36.4 Å². The van der Waals surface area contributed by atoms with Gasteiger partial charge in [-0.3, -0.25) is 9.69 Å². The number of rotatable bonds is 6. The molecule has 11 heteroatoms. The van der Waals surface area contributed by atoms with E-state index in [1.165, 1.54) is 28.7 Å². The Bertz CT molecular complexity index is 1040. The highest BCUT2D eigenvalue weighted by Crippen LogP contribution is 2.21. The standard InChI is InChI=1S/C19H21BrN4O5S/c20-15-2-5-17(6-3-15)30(28,29)24-9-7-23(8-10-24)13-19(27)22-21-12-14-1-4-16(25)11-18(14)26/h1-6,11-12,25-26H,7-10,13H2,(H,22,27). The summed E-state index contributed by atoms with van der Waals surface area (Å²) in [5, 5.41) is 22.7. The summed E-state index contributed by atoms with van der Waals surface area (Å²) in [6, 6.07) is 10.5. The molecule has 0 bridgehead atoms. The zero-order valence-corrected chi connectivity index (χ0v) is 18.3. The lowest BCUT2D eigenvalue weighted by Gasteiger charge is -2.33. The summed E-state index contributed by atoms with van der Waals surface area (Å²) in [7, 11) is -3.56. The van der Waals surface area contributed by atoms with Crippen molar-refractivity contribution in [2.24, 2.45) is 5.10 Å². The Morgan fingerprint density at radius 3 is 2.40 bits per heavy atom. The lowest BCUT2D eigenvalue weighted by molar-refractivity contribution is -0.122. The van der Waals surface area contributed by atoms with Crippen molar-refractivity contribution in [3.8, 4) is 11.5 Å². The molecule has 30 heavy (non-hydrogen) atoms. The number of carbonyl (C=O) groups excluding carboxylic acids is 1. The Kier molecular flexibility index (Phi) is 7.08. The third kappa shape index (κ3) is 5.57. The van der Waals surface area contributed by atoms with Gasteiger partial charge in [0.25, 0.3) is 5.91 Å². The average Bonchev–Trinajstić information content (AvgIpc) is 2.70. The monoisotopic (exact) mass is 496 g/mol. The van der Waals surface area contributed by atoms with Crippen LogP contribution in [0.5, 0.6) is 11.5 Å². The largest absolute Gasteiger partial charge is 0.508 e. The highest BCUT2D eigenvalue weighted by Gasteiger charge is 2.28. The van der Waals surface area contributed by atoms with Crippen LogP contribution in [0.15, 0.2) is 56.9 Å². The third-order valence-corrected chi connectivity index (χ3v) is 7.00. The number of piperazine rings is 1. The molecule has 0 saturated carbocycles. The van der Waals surface area contributed by atoms with E-state index in [1.807, 2.05) is 4.90 Å². The molecule has 2 aromatic rings. The number of hydrazone groups is 1. The molecule has 1 amide bonds. The lowest BCUT2D eigenvalue weighted by Crippen LogP contribution is -2.50. The average molecular weight is 497 g/mol. The van der Waals surface area contributed by atoms with Gasteiger partial charge in [-0.25, -0.2) is 13.8 Å². The second-order valence-corrected chi connectivity index (χ2v) is 9.52. The predicted molar refractivity (Wildman–Crippen MR) is 115 cm³/mol. The number of halogens is 1. The summed E-state index contributed by atoms with van der Waals surface area (Å²) in [6.45, 7) is 1.50. The van der Waals surface area contributed by atoms with Gasteiger partial charge in [-0.15, -0.1) is 0 Å². The summed E-state index contributed by atoms with van der Waals surface area (Å²) in [6.07, 6.45) is 1.27. The van der Waals surface area contributed by atoms with E-state index in [2.05, 4.69) is 26.5 Å². The van der Waals surface area contributed by atoms with Crippen molar-refractivity contribution in [2.75, 3.05) is 32.7 Å². The number of phenolic OH excluding ortho intramolecular Hbond substituents is 2. The number of benzene rings is 2. The molecule has 0 aliphatic carbocycles. The van der Waals surface area contributed by atoms with Crippen LogP contribution in [0.25, 0.3) is 0 Å². The molecule has 1 fully saturated rings. The maximum atomic E-state index is 12.7. The van der Waals surface area contributed by atoms with E-state index in [-0.39, 0.29) is 41.9 Å². The van der Waals surface area contributed by atoms with Crippen LogP contribution in [-0.4, -0.2) is 72.7 Å². The fourth-order valence-electron chi connectivity index (χ4n) is 2.94. The molecular weight excluding hydrogens is 476 g/mol. The number of nitrogens with one attached hydrogen (secondary N) is 1. The summed E-state index contributed by atoms with van der Waals surface area (Å²) in [4.78, 5) is 14.2. The smallest absolute Gasteiger partial charge is 0.254 e. The van der Waals surface area contributed by atoms with Gasteiger partial charge in [0.15, 0.2) is 0 Å². The van der Waals surface area contributed by atoms with Gasteiger partial charge in [-0.2, -0.15) is 9.41 Å². The van der Waals surface area contributed by atoms with Crippen molar-refractivity contribution in [3.63, 3.8) is 0 Å². The first-order valence-electron chi connectivity index (χ1n) is 9.07. The van der Waals surface area contributed by atoms with Crippen molar-refractivity contribution in [1.29, 1.82) is 0 Å². The Morgan fingerprint density at radius 1 is 1.10 bits per heavy atom. The molecular formula is C19H21BrN4O5S. The third-order valence-electron chi connectivity index (χ3n) is 4.56. The molecule has 3 N–H and O–H groups in total. The summed E-state index contributed by atoms with van der Waals surface area (Å²) in [5.74, 6) is -0.584. The first-order chi connectivity index (χ1) is 14.3. The molecule has 0 unspecified atom stereocenters. The lowest BCUT2D eigenvalue weighted by atomic mass is 10.2. The normalized spacial score (nSPS) is 16.0. The van der Waals surface area contributed by atoms with Crippen LogP contribution in [0, 0.1) is 0 Å². The first kappa shape index (κ1) is 22.2.